The molecule has 3 atom stereocenters. The van der Waals surface area contributed by atoms with Crippen LogP contribution in [-0.4, -0.2) is 44.8 Å². The fourth-order valence-electron chi connectivity index (χ4n) is 4.26. The van der Waals surface area contributed by atoms with E-state index in [0.717, 1.165) is 34.2 Å². The van der Waals surface area contributed by atoms with Crippen LogP contribution in [0, 0.1) is 18.8 Å². The fourth-order valence-corrected chi connectivity index (χ4v) is 5.43. The molecule has 1 N–H and O–H groups in total. The monoisotopic (exact) mass is 386 g/mol. The summed E-state index contributed by atoms with van der Waals surface area (Å²) in [5.74, 6) is 2.95. The summed E-state index contributed by atoms with van der Waals surface area (Å²) in [5.41, 5.74) is 1.15. The zero-order chi connectivity index (χ0) is 19.1. The van der Waals surface area contributed by atoms with Gasteiger partial charge < -0.3 is 9.84 Å². The molecule has 0 saturated carbocycles. The lowest BCUT2D eigenvalue weighted by Gasteiger charge is -2.40. The summed E-state index contributed by atoms with van der Waals surface area (Å²) in [6.45, 7) is 8.47. The van der Waals surface area contributed by atoms with Crippen LogP contribution in [0.15, 0.2) is 24.3 Å². The van der Waals surface area contributed by atoms with Crippen molar-refractivity contribution in [1.29, 1.82) is 0 Å². The Balaban J connectivity index is 1.80. The summed E-state index contributed by atoms with van der Waals surface area (Å²) in [6, 6.07) is 8.13. The number of benzene rings is 1. The van der Waals surface area contributed by atoms with Crippen molar-refractivity contribution in [3.05, 3.63) is 40.5 Å². The zero-order valence-corrected chi connectivity index (χ0v) is 17.0. The largest absolute Gasteiger partial charge is 0.497 e. The van der Waals surface area contributed by atoms with Crippen molar-refractivity contribution in [3.8, 4) is 11.6 Å². The molecule has 27 heavy (non-hydrogen) atoms. The lowest BCUT2D eigenvalue weighted by Crippen LogP contribution is -2.41. The number of aromatic nitrogens is 3. The summed E-state index contributed by atoms with van der Waals surface area (Å²) in [4.78, 5) is 8.56. The maximum absolute atomic E-state index is 10.9. The Labute approximate surface area is 163 Å². The first-order valence-corrected chi connectivity index (χ1v) is 10.2. The SMILES string of the molecule is COc1ccc([C@H](c2sc3nc(C)nn3c2O)N2C[C@H](C)C[C@H](C)C2)cc1. The second kappa shape index (κ2) is 7.13. The Morgan fingerprint density at radius 1 is 1.19 bits per heavy atom. The van der Waals surface area contributed by atoms with Gasteiger partial charge in [-0.2, -0.15) is 4.52 Å². The third-order valence-electron chi connectivity index (χ3n) is 5.25. The van der Waals surface area contributed by atoms with Crippen LogP contribution in [0.1, 0.15) is 42.6 Å². The number of aromatic hydroxyl groups is 1. The van der Waals surface area contributed by atoms with E-state index in [1.165, 1.54) is 17.8 Å². The lowest BCUT2D eigenvalue weighted by atomic mass is 9.89. The molecule has 1 saturated heterocycles. The Bertz CT molecular complexity index is 924. The molecule has 0 radical (unpaired) electrons. The van der Waals surface area contributed by atoms with Crippen molar-refractivity contribution in [3.63, 3.8) is 0 Å². The third kappa shape index (κ3) is 3.41. The van der Waals surface area contributed by atoms with Crippen LogP contribution in [-0.2, 0) is 0 Å². The van der Waals surface area contributed by atoms with E-state index in [1.54, 1.807) is 11.6 Å². The molecule has 1 aliphatic heterocycles. The van der Waals surface area contributed by atoms with Crippen LogP contribution in [0.3, 0.4) is 0 Å². The molecule has 1 aliphatic rings. The average Bonchev–Trinajstić information content (AvgIpc) is 3.13. The van der Waals surface area contributed by atoms with Gasteiger partial charge in [-0.25, -0.2) is 4.98 Å². The zero-order valence-electron chi connectivity index (χ0n) is 16.2. The highest BCUT2D eigenvalue weighted by Gasteiger charge is 2.33. The van der Waals surface area contributed by atoms with Gasteiger partial charge in [-0.3, -0.25) is 4.90 Å². The highest BCUT2D eigenvalue weighted by molar-refractivity contribution is 7.17. The van der Waals surface area contributed by atoms with Gasteiger partial charge in [0.15, 0.2) is 0 Å². The number of piperidine rings is 1. The first-order valence-electron chi connectivity index (χ1n) is 9.39. The first kappa shape index (κ1) is 18.3. The molecule has 7 heteroatoms. The van der Waals surface area contributed by atoms with Crippen LogP contribution in [0.4, 0.5) is 0 Å². The van der Waals surface area contributed by atoms with Gasteiger partial charge in [0.2, 0.25) is 10.8 Å². The predicted molar refractivity (Wildman–Crippen MR) is 107 cm³/mol. The van der Waals surface area contributed by atoms with Gasteiger partial charge in [-0.05, 0) is 42.9 Å². The Hall–Kier alpha value is -2.12. The van der Waals surface area contributed by atoms with Crippen LogP contribution in [0.2, 0.25) is 0 Å². The van der Waals surface area contributed by atoms with Crippen molar-refractivity contribution in [2.75, 3.05) is 20.2 Å². The quantitative estimate of drug-likeness (QED) is 0.737. The molecule has 1 fully saturated rings. The second-order valence-electron chi connectivity index (χ2n) is 7.72. The number of ether oxygens (including phenoxy) is 1. The number of methoxy groups -OCH3 is 1. The van der Waals surface area contributed by atoms with E-state index < -0.39 is 0 Å². The molecule has 0 unspecified atom stereocenters. The minimum atomic E-state index is -0.0186. The molecular formula is C20H26N4O2S. The maximum atomic E-state index is 10.9. The number of rotatable bonds is 4. The van der Waals surface area contributed by atoms with Gasteiger partial charge in [0.25, 0.3) is 0 Å². The lowest BCUT2D eigenvalue weighted by molar-refractivity contribution is 0.112. The molecule has 3 aromatic rings. The number of hydrogen-bond acceptors (Lipinski definition) is 6. The fraction of sp³-hybridized carbons (Fsp3) is 0.500. The topological polar surface area (TPSA) is 62.9 Å². The molecule has 0 spiro atoms. The number of thiazole rings is 1. The van der Waals surface area contributed by atoms with Crippen molar-refractivity contribution in [1.82, 2.24) is 19.5 Å². The van der Waals surface area contributed by atoms with E-state index in [0.29, 0.717) is 17.7 Å². The molecule has 2 aromatic heterocycles. The van der Waals surface area contributed by atoms with Gasteiger partial charge in [0.1, 0.15) is 11.6 Å². The molecular weight excluding hydrogens is 360 g/mol. The third-order valence-corrected chi connectivity index (χ3v) is 6.32. The van der Waals surface area contributed by atoms with E-state index in [-0.39, 0.29) is 11.9 Å². The first-order chi connectivity index (χ1) is 13.0. The van der Waals surface area contributed by atoms with E-state index in [9.17, 15) is 5.11 Å². The van der Waals surface area contributed by atoms with Crippen molar-refractivity contribution >= 4 is 16.3 Å². The predicted octanol–water partition coefficient (Wildman–Crippen LogP) is 3.88. The molecule has 4 rings (SSSR count). The van der Waals surface area contributed by atoms with E-state index in [4.69, 9.17) is 4.74 Å². The molecule has 144 valence electrons. The number of fused-ring (bicyclic) bond motifs is 1. The molecule has 1 aromatic carbocycles. The van der Waals surface area contributed by atoms with Gasteiger partial charge in [0, 0.05) is 13.1 Å². The molecule has 0 aliphatic carbocycles. The highest BCUT2D eigenvalue weighted by atomic mass is 32.1. The smallest absolute Gasteiger partial charge is 0.230 e. The average molecular weight is 387 g/mol. The van der Waals surface area contributed by atoms with Gasteiger partial charge >= 0.3 is 0 Å². The minimum absolute atomic E-state index is 0.0186. The Morgan fingerprint density at radius 2 is 1.85 bits per heavy atom. The molecule has 6 nitrogen and oxygen atoms in total. The summed E-state index contributed by atoms with van der Waals surface area (Å²) in [6.07, 6.45) is 1.24. The Morgan fingerprint density at radius 3 is 2.44 bits per heavy atom. The van der Waals surface area contributed by atoms with Crippen LogP contribution >= 0.6 is 11.3 Å². The van der Waals surface area contributed by atoms with Crippen LogP contribution in [0.25, 0.3) is 4.96 Å². The number of likely N-dealkylation sites (tertiary alicyclic amines) is 1. The van der Waals surface area contributed by atoms with Gasteiger partial charge in [-0.15, -0.1) is 5.10 Å². The van der Waals surface area contributed by atoms with Gasteiger partial charge in [0.05, 0.1) is 18.0 Å². The van der Waals surface area contributed by atoms with Crippen molar-refractivity contribution in [2.45, 2.75) is 33.2 Å². The van der Waals surface area contributed by atoms with E-state index in [2.05, 4.69) is 41.0 Å². The minimum Gasteiger partial charge on any atom is -0.497 e. The van der Waals surface area contributed by atoms with E-state index >= 15 is 0 Å². The van der Waals surface area contributed by atoms with Crippen molar-refractivity contribution < 1.29 is 9.84 Å². The van der Waals surface area contributed by atoms with E-state index in [1.807, 2.05) is 19.1 Å². The second-order valence-corrected chi connectivity index (χ2v) is 8.73. The Kier molecular flexibility index (Phi) is 4.82. The molecule has 0 amide bonds. The summed E-state index contributed by atoms with van der Waals surface area (Å²) in [5, 5.41) is 15.3. The maximum Gasteiger partial charge on any atom is 0.230 e. The normalized spacial score (nSPS) is 22.2. The number of nitrogens with zero attached hydrogens (tertiary/aromatic N) is 4. The highest BCUT2D eigenvalue weighted by Crippen LogP contribution is 2.42. The summed E-state index contributed by atoms with van der Waals surface area (Å²) >= 11 is 1.52. The molecule has 3 heterocycles. The van der Waals surface area contributed by atoms with Crippen LogP contribution < -0.4 is 4.74 Å². The van der Waals surface area contributed by atoms with Crippen LogP contribution in [0.5, 0.6) is 11.6 Å². The summed E-state index contributed by atoms with van der Waals surface area (Å²) in [7, 11) is 1.68. The van der Waals surface area contributed by atoms with Crippen molar-refractivity contribution in [2.24, 2.45) is 11.8 Å². The molecule has 0 bridgehead atoms. The number of hydrogen-bond donors (Lipinski definition) is 1. The van der Waals surface area contributed by atoms with Gasteiger partial charge in [-0.1, -0.05) is 37.3 Å². The number of aryl methyl sites for hydroxylation is 1. The standard InChI is InChI=1S/C20H26N4O2S/c1-12-9-13(2)11-23(10-12)17(15-5-7-16(26-4)8-6-15)18-19(25)24-20(27-18)21-14(3)22-24/h5-8,12-13,17,25H,9-11H2,1-4H3/t12-,13+,17-/m1/s1. The summed E-state index contributed by atoms with van der Waals surface area (Å²) < 4.78 is 6.88.